The topological polar surface area (TPSA) is 77.0 Å². The van der Waals surface area contributed by atoms with Crippen LogP contribution in [0.5, 0.6) is 0 Å². The standard InChI is InChI=1S/C22H19N5O2S/c28-21(15-30-22-23-24-25-26(22)14-18-8-5-13-29-18)27-19-9-3-1-6-16(19)11-12-17-7-2-4-10-20(17)27/h1-10,13H,11-12,14-15H2. The number of para-hydroxylation sites is 2. The van der Waals surface area contributed by atoms with Crippen molar-refractivity contribution >= 4 is 29.0 Å². The second-order valence-electron chi connectivity index (χ2n) is 6.97. The van der Waals surface area contributed by atoms with Gasteiger partial charge in [0.2, 0.25) is 11.1 Å². The molecule has 2 aromatic heterocycles. The Morgan fingerprint density at radius 1 is 0.967 bits per heavy atom. The zero-order chi connectivity index (χ0) is 20.3. The summed E-state index contributed by atoms with van der Waals surface area (Å²) < 4.78 is 7.01. The van der Waals surface area contributed by atoms with Gasteiger partial charge >= 0.3 is 0 Å². The predicted molar refractivity (Wildman–Crippen MR) is 114 cm³/mol. The lowest BCUT2D eigenvalue weighted by molar-refractivity contribution is -0.115. The number of hydrogen-bond acceptors (Lipinski definition) is 6. The highest BCUT2D eigenvalue weighted by molar-refractivity contribution is 7.99. The SMILES string of the molecule is O=C(CSc1nnnn1Cc1ccco1)N1c2ccccc2CCc2ccccc21. The second-order valence-corrected chi connectivity index (χ2v) is 7.92. The van der Waals surface area contributed by atoms with E-state index < -0.39 is 0 Å². The van der Waals surface area contributed by atoms with Gasteiger partial charge in [0.05, 0.1) is 23.4 Å². The van der Waals surface area contributed by atoms with E-state index in [-0.39, 0.29) is 11.7 Å². The number of fused-ring (bicyclic) bond motifs is 2. The van der Waals surface area contributed by atoms with Crippen LogP contribution >= 0.6 is 11.8 Å². The van der Waals surface area contributed by atoms with E-state index in [0.717, 1.165) is 30.0 Å². The number of nitrogens with zero attached hydrogens (tertiary/aromatic N) is 5. The number of aromatic nitrogens is 4. The number of hydrogen-bond donors (Lipinski definition) is 0. The first-order valence-electron chi connectivity index (χ1n) is 9.70. The van der Waals surface area contributed by atoms with Crippen LogP contribution in [0.2, 0.25) is 0 Å². The Balaban J connectivity index is 1.40. The number of rotatable bonds is 5. The number of thioether (sulfide) groups is 1. The van der Waals surface area contributed by atoms with E-state index in [1.54, 1.807) is 10.9 Å². The molecule has 0 saturated heterocycles. The van der Waals surface area contributed by atoms with Gasteiger partial charge in [-0.25, -0.2) is 4.68 Å². The van der Waals surface area contributed by atoms with Crippen molar-refractivity contribution < 1.29 is 9.21 Å². The summed E-state index contributed by atoms with van der Waals surface area (Å²) in [7, 11) is 0. The lowest BCUT2D eigenvalue weighted by Crippen LogP contribution is -2.28. The molecule has 8 heteroatoms. The molecule has 0 spiro atoms. The van der Waals surface area contributed by atoms with Crippen LogP contribution in [0.4, 0.5) is 11.4 Å². The largest absolute Gasteiger partial charge is 0.467 e. The first-order valence-corrected chi connectivity index (χ1v) is 10.7. The Hall–Kier alpha value is -3.39. The summed E-state index contributed by atoms with van der Waals surface area (Å²) in [6.45, 7) is 0.423. The van der Waals surface area contributed by atoms with Gasteiger partial charge in [0.1, 0.15) is 12.3 Å². The molecule has 5 rings (SSSR count). The van der Waals surface area contributed by atoms with Gasteiger partial charge in [-0.15, -0.1) is 5.10 Å². The Labute approximate surface area is 177 Å². The van der Waals surface area contributed by atoms with E-state index in [9.17, 15) is 4.79 Å². The van der Waals surface area contributed by atoms with Crippen molar-refractivity contribution in [3.8, 4) is 0 Å². The van der Waals surface area contributed by atoms with Crippen LogP contribution < -0.4 is 4.90 Å². The summed E-state index contributed by atoms with van der Waals surface area (Å²) in [5, 5.41) is 12.4. The Kier molecular flexibility index (Phi) is 5.06. The van der Waals surface area contributed by atoms with Gasteiger partial charge in [-0.1, -0.05) is 48.2 Å². The van der Waals surface area contributed by atoms with Gasteiger partial charge in [0, 0.05) is 0 Å². The van der Waals surface area contributed by atoms with E-state index >= 15 is 0 Å². The number of aryl methyl sites for hydroxylation is 2. The van der Waals surface area contributed by atoms with E-state index in [0.29, 0.717) is 11.7 Å². The molecule has 1 aliphatic rings. The molecule has 7 nitrogen and oxygen atoms in total. The fourth-order valence-corrected chi connectivity index (χ4v) is 4.41. The third-order valence-corrected chi connectivity index (χ3v) is 6.03. The number of carbonyl (C=O) groups excluding carboxylic acids is 1. The summed E-state index contributed by atoms with van der Waals surface area (Å²) >= 11 is 1.33. The van der Waals surface area contributed by atoms with Gasteiger partial charge in [-0.05, 0) is 58.7 Å². The Bertz CT molecular complexity index is 1120. The van der Waals surface area contributed by atoms with Crippen molar-refractivity contribution in [1.82, 2.24) is 20.2 Å². The summed E-state index contributed by atoms with van der Waals surface area (Å²) in [5.74, 6) is 0.974. The van der Waals surface area contributed by atoms with Crippen molar-refractivity contribution in [3.63, 3.8) is 0 Å². The zero-order valence-electron chi connectivity index (χ0n) is 16.1. The molecule has 1 amide bonds. The molecule has 0 aliphatic carbocycles. The van der Waals surface area contributed by atoms with Crippen LogP contribution in [0, 0.1) is 0 Å². The molecule has 2 aromatic carbocycles. The quantitative estimate of drug-likeness (QED) is 0.459. The molecule has 0 atom stereocenters. The molecular formula is C22H19N5O2S. The van der Waals surface area contributed by atoms with Crippen LogP contribution in [0.3, 0.4) is 0 Å². The van der Waals surface area contributed by atoms with Crippen molar-refractivity contribution in [1.29, 1.82) is 0 Å². The highest BCUT2D eigenvalue weighted by Gasteiger charge is 2.26. The van der Waals surface area contributed by atoms with Crippen LogP contribution in [0.25, 0.3) is 0 Å². The van der Waals surface area contributed by atoms with Crippen LogP contribution in [-0.4, -0.2) is 31.9 Å². The first-order chi connectivity index (χ1) is 14.8. The minimum absolute atomic E-state index is 0.00523. The van der Waals surface area contributed by atoms with Crippen molar-refractivity contribution in [2.24, 2.45) is 0 Å². The fourth-order valence-electron chi connectivity index (χ4n) is 3.69. The monoisotopic (exact) mass is 417 g/mol. The minimum Gasteiger partial charge on any atom is -0.467 e. The number of furan rings is 1. The molecule has 0 unspecified atom stereocenters. The zero-order valence-corrected chi connectivity index (χ0v) is 17.0. The van der Waals surface area contributed by atoms with Crippen LogP contribution in [-0.2, 0) is 24.2 Å². The molecule has 4 aromatic rings. The maximum atomic E-state index is 13.4. The summed E-state index contributed by atoms with van der Waals surface area (Å²) in [6, 6.07) is 19.9. The summed E-state index contributed by atoms with van der Waals surface area (Å²) in [4.78, 5) is 15.2. The molecule has 0 saturated carbocycles. The highest BCUT2D eigenvalue weighted by Crippen LogP contribution is 2.36. The molecule has 0 bridgehead atoms. The van der Waals surface area contributed by atoms with Crippen LogP contribution in [0.15, 0.2) is 76.5 Å². The molecule has 3 heterocycles. The van der Waals surface area contributed by atoms with Gasteiger partial charge in [-0.3, -0.25) is 9.69 Å². The Morgan fingerprint density at radius 2 is 1.67 bits per heavy atom. The van der Waals surface area contributed by atoms with Gasteiger partial charge in [-0.2, -0.15) is 0 Å². The number of tetrazole rings is 1. The van der Waals surface area contributed by atoms with E-state index in [4.69, 9.17) is 4.42 Å². The van der Waals surface area contributed by atoms with E-state index in [1.165, 1.54) is 22.9 Å². The number of anilines is 2. The number of amides is 1. The molecule has 0 radical (unpaired) electrons. The minimum atomic E-state index is -0.00523. The van der Waals surface area contributed by atoms with Gasteiger partial charge in [0.25, 0.3) is 0 Å². The summed E-state index contributed by atoms with van der Waals surface area (Å²) in [6.07, 6.45) is 3.43. The van der Waals surface area contributed by atoms with Crippen molar-refractivity contribution in [2.75, 3.05) is 10.7 Å². The molecule has 0 N–H and O–H groups in total. The average Bonchev–Trinajstić information content (AvgIpc) is 3.41. The molecular weight excluding hydrogens is 398 g/mol. The molecule has 150 valence electrons. The first kappa shape index (κ1) is 18.6. The summed E-state index contributed by atoms with van der Waals surface area (Å²) in [5.41, 5.74) is 4.25. The Morgan fingerprint density at radius 3 is 2.33 bits per heavy atom. The maximum Gasteiger partial charge on any atom is 0.242 e. The highest BCUT2D eigenvalue weighted by atomic mass is 32.2. The van der Waals surface area contributed by atoms with E-state index in [2.05, 4.69) is 27.7 Å². The number of benzene rings is 2. The van der Waals surface area contributed by atoms with Crippen LogP contribution in [0.1, 0.15) is 16.9 Å². The molecule has 0 fully saturated rings. The fraction of sp³-hybridized carbons (Fsp3) is 0.182. The van der Waals surface area contributed by atoms with Crippen molar-refractivity contribution in [3.05, 3.63) is 83.8 Å². The lowest BCUT2D eigenvalue weighted by atomic mass is 10.0. The van der Waals surface area contributed by atoms with E-state index in [1.807, 2.05) is 53.4 Å². The molecule has 30 heavy (non-hydrogen) atoms. The lowest BCUT2D eigenvalue weighted by Gasteiger charge is -2.24. The van der Waals surface area contributed by atoms with Gasteiger partial charge in [0.15, 0.2) is 0 Å². The predicted octanol–water partition coefficient (Wildman–Crippen LogP) is 3.87. The van der Waals surface area contributed by atoms with Crippen molar-refractivity contribution in [2.45, 2.75) is 24.5 Å². The average molecular weight is 417 g/mol. The second kappa shape index (κ2) is 8.16. The maximum absolute atomic E-state index is 13.4. The number of carbonyl (C=O) groups is 1. The smallest absolute Gasteiger partial charge is 0.242 e. The third kappa shape index (κ3) is 3.61. The molecule has 1 aliphatic heterocycles. The third-order valence-electron chi connectivity index (χ3n) is 5.09. The van der Waals surface area contributed by atoms with Gasteiger partial charge < -0.3 is 4.42 Å². The normalized spacial score (nSPS) is 12.9.